The summed E-state index contributed by atoms with van der Waals surface area (Å²) in [6.07, 6.45) is 2.33. The zero-order chi connectivity index (χ0) is 23.6. The maximum atomic E-state index is 13.2. The number of hydrogen-bond acceptors (Lipinski definition) is 6. The second-order valence-corrected chi connectivity index (χ2v) is 8.03. The Morgan fingerprint density at radius 3 is 2.61 bits per heavy atom. The molecule has 0 fully saturated rings. The van der Waals surface area contributed by atoms with Gasteiger partial charge in [0, 0.05) is 20.3 Å². The first-order valence-electron chi connectivity index (χ1n) is 10.5. The third-order valence-corrected chi connectivity index (χ3v) is 5.85. The lowest BCUT2D eigenvalue weighted by Gasteiger charge is -2.11. The van der Waals surface area contributed by atoms with Gasteiger partial charge in [-0.25, -0.2) is 0 Å². The van der Waals surface area contributed by atoms with Crippen LogP contribution in [0.25, 0.3) is 11.6 Å². The minimum absolute atomic E-state index is 0.131. The van der Waals surface area contributed by atoms with Gasteiger partial charge in [0.25, 0.3) is 11.5 Å². The maximum absolute atomic E-state index is 13.2. The second-order valence-electron chi connectivity index (χ2n) is 7.00. The van der Waals surface area contributed by atoms with E-state index in [0.29, 0.717) is 46.8 Å². The van der Waals surface area contributed by atoms with Gasteiger partial charge in [0.1, 0.15) is 16.5 Å². The zero-order valence-electron chi connectivity index (χ0n) is 18.5. The molecule has 170 valence electrons. The van der Waals surface area contributed by atoms with E-state index in [1.54, 1.807) is 37.5 Å². The number of ether oxygens (including phenoxy) is 2. The molecule has 1 amide bonds. The molecule has 0 aliphatic rings. The lowest BCUT2D eigenvalue weighted by Crippen LogP contribution is -2.34. The number of para-hydroxylation sites is 2. The van der Waals surface area contributed by atoms with E-state index in [1.807, 2.05) is 43.3 Å². The molecule has 0 spiro atoms. The van der Waals surface area contributed by atoms with Gasteiger partial charge < -0.3 is 14.8 Å². The quantitative estimate of drug-likeness (QED) is 0.492. The van der Waals surface area contributed by atoms with E-state index in [-0.39, 0.29) is 11.1 Å². The number of methoxy groups -OCH3 is 1. The number of benzene rings is 2. The Kier molecular flexibility index (Phi) is 8.58. The highest BCUT2D eigenvalue weighted by atomic mass is 32.1. The number of amides is 1. The molecule has 0 unspecified atom stereocenters. The molecular formula is C25H25N3O4S. The second kappa shape index (κ2) is 11.8. The number of nitrogens with one attached hydrogen (secondary N) is 1. The molecule has 0 bridgehead atoms. The third-order valence-electron chi connectivity index (χ3n) is 4.72. The molecule has 33 heavy (non-hydrogen) atoms. The van der Waals surface area contributed by atoms with Gasteiger partial charge in [-0.05, 0) is 37.1 Å². The van der Waals surface area contributed by atoms with Crippen LogP contribution in [0.2, 0.25) is 0 Å². The summed E-state index contributed by atoms with van der Waals surface area (Å²) in [6, 6.07) is 18.4. The van der Waals surface area contributed by atoms with Crippen molar-refractivity contribution in [3.63, 3.8) is 0 Å². The molecule has 7 nitrogen and oxygen atoms in total. The molecule has 0 saturated carbocycles. The van der Waals surface area contributed by atoms with E-state index in [9.17, 15) is 14.9 Å². The Labute approximate surface area is 195 Å². The largest absolute Gasteiger partial charge is 0.492 e. The Morgan fingerprint density at radius 2 is 1.91 bits per heavy atom. The van der Waals surface area contributed by atoms with Crippen molar-refractivity contribution in [1.82, 2.24) is 4.57 Å². The molecular weight excluding hydrogens is 438 g/mol. The lowest BCUT2D eigenvalue weighted by molar-refractivity contribution is -0.111. The SMILES string of the molecule is CCOc1ccccc1NC(=O)/C(C#N)=c1\s/c(=C\c2ccccc2)c(=O)n1CCCOC. The Hall–Kier alpha value is -3.67. The summed E-state index contributed by atoms with van der Waals surface area (Å²) >= 11 is 1.13. The van der Waals surface area contributed by atoms with Gasteiger partial charge in [0.2, 0.25) is 0 Å². The van der Waals surface area contributed by atoms with E-state index in [1.165, 1.54) is 4.57 Å². The normalized spacial score (nSPS) is 12.2. The van der Waals surface area contributed by atoms with E-state index < -0.39 is 5.91 Å². The van der Waals surface area contributed by atoms with Crippen molar-refractivity contribution in [3.05, 3.63) is 79.7 Å². The van der Waals surface area contributed by atoms with Gasteiger partial charge in [-0.15, -0.1) is 11.3 Å². The lowest BCUT2D eigenvalue weighted by atomic mass is 10.2. The van der Waals surface area contributed by atoms with Gasteiger partial charge in [-0.2, -0.15) is 5.26 Å². The number of anilines is 1. The average Bonchev–Trinajstić information content (AvgIpc) is 3.11. The van der Waals surface area contributed by atoms with Crippen molar-refractivity contribution in [2.24, 2.45) is 0 Å². The van der Waals surface area contributed by atoms with Crippen LogP contribution in [-0.4, -0.2) is 30.8 Å². The molecule has 1 heterocycles. The first-order valence-corrected chi connectivity index (χ1v) is 11.3. The van der Waals surface area contributed by atoms with Crippen LogP contribution in [0.5, 0.6) is 5.75 Å². The van der Waals surface area contributed by atoms with Crippen LogP contribution in [0.4, 0.5) is 5.69 Å². The minimum atomic E-state index is -0.599. The number of carbonyl (C=O) groups excluding carboxylic acids is 1. The highest BCUT2D eigenvalue weighted by Gasteiger charge is 2.17. The zero-order valence-corrected chi connectivity index (χ0v) is 19.4. The molecule has 0 aliphatic carbocycles. The summed E-state index contributed by atoms with van der Waals surface area (Å²) < 4.78 is 12.9. The van der Waals surface area contributed by atoms with Crippen LogP contribution in [0.3, 0.4) is 0 Å². The number of nitriles is 1. The Balaban J connectivity index is 2.12. The topological polar surface area (TPSA) is 93.4 Å². The summed E-state index contributed by atoms with van der Waals surface area (Å²) in [7, 11) is 1.59. The third kappa shape index (κ3) is 5.98. The number of aromatic nitrogens is 1. The van der Waals surface area contributed by atoms with Crippen molar-refractivity contribution in [1.29, 1.82) is 5.26 Å². The summed E-state index contributed by atoms with van der Waals surface area (Å²) in [6.45, 7) is 3.06. The number of nitrogens with zero attached hydrogens (tertiary/aromatic N) is 2. The number of hydrogen-bond donors (Lipinski definition) is 1. The molecule has 3 rings (SSSR count). The van der Waals surface area contributed by atoms with Crippen molar-refractivity contribution < 1.29 is 14.3 Å². The van der Waals surface area contributed by atoms with Crippen LogP contribution in [0.15, 0.2) is 59.4 Å². The summed E-state index contributed by atoms with van der Waals surface area (Å²) in [5.41, 5.74) is 0.941. The fourth-order valence-corrected chi connectivity index (χ4v) is 4.33. The minimum Gasteiger partial charge on any atom is -0.492 e. The van der Waals surface area contributed by atoms with E-state index in [4.69, 9.17) is 9.47 Å². The molecule has 0 atom stereocenters. The summed E-state index contributed by atoms with van der Waals surface area (Å²) in [5.74, 6) is -0.0925. The van der Waals surface area contributed by atoms with Crippen molar-refractivity contribution in [2.75, 3.05) is 25.6 Å². The predicted octanol–water partition coefficient (Wildman–Crippen LogP) is 2.49. The van der Waals surface area contributed by atoms with Crippen molar-refractivity contribution in [2.45, 2.75) is 19.9 Å². The van der Waals surface area contributed by atoms with Gasteiger partial charge >= 0.3 is 0 Å². The molecule has 2 aromatic carbocycles. The smallest absolute Gasteiger partial charge is 0.269 e. The highest BCUT2D eigenvalue weighted by molar-refractivity contribution is 7.07. The summed E-state index contributed by atoms with van der Waals surface area (Å²) in [5, 5.41) is 12.6. The molecule has 1 N–H and O–H groups in total. The summed E-state index contributed by atoms with van der Waals surface area (Å²) in [4.78, 5) is 26.2. The average molecular weight is 464 g/mol. The van der Waals surface area contributed by atoms with Crippen LogP contribution >= 0.6 is 11.3 Å². The van der Waals surface area contributed by atoms with Gasteiger partial charge in [-0.1, -0.05) is 42.5 Å². The van der Waals surface area contributed by atoms with Crippen LogP contribution in [-0.2, 0) is 16.1 Å². The molecule has 8 heteroatoms. The molecule has 0 saturated heterocycles. The highest BCUT2D eigenvalue weighted by Crippen LogP contribution is 2.24. The Bertz CT molecular complexity index is 1320. The number of thiazole rings is 1. The monoisotopic (exact) mass is 463 g/mol. The van der Waals surface area contributed by atoms with E-state index in [0.717, 1.165) is 16.9 Å². The predicted molar refractivity (Wildman–Crippen MR) is 130 cm³/mol. The van der Waals surface area contributed by atoms with Crippen molar-refractivity contribution >= 4 is 34.6 Å². The first kappa shape index (κ1) is 24.0. The standard InChI is InChI=1S/C25H25N3O4S/c1-3-32-21-13-8-7-12-20(21)27-23(29)19(17-26)25-28(14-9-15-31-2)24(30)22(33-25)16-18-10-5-4-6-11-18/h4-8,10-13,16H,3,9,14-15H2,1-2H3,(H,27,29)/b22-16-,25-19-. The van der Waals surface area contributed by atoms with Gasteiger partial charge in [0.05, 0.1) is 16.8 Å². The molecule has 0 radical (unpaired) electrons. The number of rotatable bonds is 9. The molecule has 3 aromatic rings. The van der Waals surface area contributed by atoms with Crippen LogP contribution in [0, 0.1) is 11.3 Å². The molecule has 0 aliphatic heterocycles. The molecule has 1 aromatic heterocycles. The van der Waals surface area contributed by atoms with Gasteiger partial charge in [0.15, 0.2) is 5.57 Å². The van der Waals surface area contributed by atoms with E-state index in [2.05, 4.69) is 5.32 Å². The van der Waals surface area contributed by atoms with Gasteiger partial charge in [-0.3, -0.25) is 14.2 Å². The number of carbonyl (C=O) groups is 1. The fraction of sp³-hybridized carbons (Fsp3) is 0.240. The van der Waals surface area contributed by atoms with E-state index >= 15 is 0 Å². The fourth-order valence-electron chi connectivity index (χ4n) is 3.21. The maximum Gasteiger partial charge on any atom is 0.269 e. The first-order chi connectivity index (χ1) is 16.1. The Morgan fingerprint density at radius 1 is 1.18 bits per heavy atom. The van der Waals surface area contributed by atoms with Crippen LogP contribution in [0.1, 0.15) is 18.9 Å². The van der Waals surface area contributed by atoms with Crippen molar-refractivity contribution in [3.8, 4) is 11.8 Å². The van der Waals surface area contributed by atoms with Crippen LogP contribution < -0.4 is 24.8 Å².